The van der Waals surface area contributed by atoms with Crippen LogP contribution in [-0.4, -0.2) is 226 Å². The highest BCUT2D eigenvalue weighted by atomic mass is 16.6. The van der Waals surface area contributed by atoms with E-state index in [9.17, 15) is 76.7 Å². The molecule has 0 bridgehead atoms. The Bertz CT molecular complexity index is 3620. The fraction of sp³-hybridized carbons (Fsp3) is 0.828. The molecule has 6 fully saturated rings. The number of rotatable bonds is 33. The highest BCUT2D eigenvalue weighted by Gasteiger charge is 2.48. The van der Waals surface area contributed by atoms with Gasteiger partial charge in [-0.3, -0.25) is 76.7 Å². The number of nitrogens with two attached hydrogens (primary N) is 2. The number of carbonyl (C=O) groups is 16. The van der Waals surface area contributed by atoms with E-state index in [1.807, 2.05) is 55.4 Å². The lowest BCUT2D eigenvalue weighted by atomic mass is 9.78. The minimum absolute atomic E-state index is 0.00389. The van der Waals surface area contributed by atoms with Crippen molar-refractivity contribution in [2.75, 3.05) is 39.6 Å². The SMILES string of the molecule is CC(=O)OCC1O[C@@H](N)C(C)[C@@H](C)[C@@H]1C.CC(=O)OCC1O[C@@H](N=[N+]=[N-])C(C)[C@@H](C)[C@@H]1C.CC(=O)OCC1O[C@@H](NC(=O)C[C@H](C)C(C)=O)C(C)[C@@H](C)[C@@H]1C.CC(=O)OCC1O[C@@H](NC(=O)C[C@H](C)C(C)=O)C(N)[C@@H](C)[C@@H]1C.CCC(=O)NC1[C@H](NC(=O)C[C@H](C)C(C)=O)OC(COC(C)=O)[C@@H](C)[C@@H]1C.CCC(=O)NC1[C@H](NC(=O)C[C@H](C)C(C)=O)OC(COC(C)=O)[C@@H](C)[C@@H]1C. The molecule has 39 heteroatoms. The number of hydrogen-bond donors (Lipinski definition) is 8. The summed E-state index contributed by atoms with van der Waals surface area (Å²) in [6, 6.07) is -1.20. The van der Waals surface area contributed by atoms with Crippen LogP contribution in [0.4, 0.5) is 0 Å². The van der Waals surface area contributed by atoms with Crippen LogP contribution >= 0.6 is 0 Å². The Morgan fingerprint density at radius 1 is 0.295 bits per heavy atom. The second-order valence-corrected chi connectivity index (χ2v) is 37.1. The van der Waals surface area contributed by atoms with Crippen molar-refractivity contribution in [2.45, 2.75) is 345 Å². The van der Waals surface area contributed by atoms with Crippen LogP contribution in [0.15, 0.2) is 5.11 Å². The van der Waals surface area contributed by atoms with Gasteiger partial charge in [0.25, 0.3) is 0 Å². The van der Waals surface area contributed by atoms with Crippen LogP contribution < -0.4 is 43.4 Å². The van der Waals surface area contributed by atoms with Crippen molar-refractivity contribution in [2.24, 2.45) is 129 Å². The van der Waals surface area contributed by atoms with E-state index in [0.29, 0.717) is 49.0 Å². The molecule has 6 heterocycles. The molecule has 34 atom stereocenters. The van der Waals surface area contributed by atoms with Gasteiger partial charge in [-0.2, -0.15) is 0 Å². The maximum Gasteiger partial charge on any atom is 0.302 e. The summed E-state index contributed by atoms with van der Waals surface area (Å²) in [5, 5.41) is 20.7. The molecule has 6 aliphatic rings. The Morgan fingerprint density at radius 2 is 0.530 bits per heavy atom. The Hall–Kier alpha value is -8.69. The third-order valence-corrected chi connectivity index (χ3v) is 27.2. The number of ketones is 4. The smallest absolute Gasteiger partial charge is 0.302 e. The van der Waals surface area contributed by atoms with E-state index in [0.717, 1.165) is 0 Å². The topological polar surface area (TPSA) is 557 Å². The molecular formula is C93H161N11O28. The number of hydrogen-bond acceptors (Lipinski definition) is 31. The summed E-state index contributed by atoms with van der Waals surface area (Å²) in [7, 11) is 0. The molecule has 0 aromatic carbocycles. The molecule has 756 valence electrons. The number of carbonyl (C=O) groups excluding carboxylic acids is 16. The largest absolute Gasteiger partial charge is 0.463 e. The Kier molecular flexibility index (Phi) is 55.1. The van der Waals surface area contributed by atoms with Gasteiger partial charge in [-0.15, -0.1) is 0 Å². The van der Waals surface area contributed by atoms with E-state index in [2.05, 4.69) is 90.4 Å². The van der Waals surface area contributed by atoms with E-state index in [4.69, 9.17) is 73.8 Å². The van der Waals surface area contributed by atoms with Crippen molar-refractivity contribution in [1.29, 1.82) is 0 Å². The van der Waals surface area contributed by atoms with Gasteiger partial charge in [-0.05, 0) is 116 Å². The lowest BCUT2D eigenvalue weighted by Gasteiger charge is -2.45. The van der Waals surface area contributed by atoms with Crippen molar-refractivity contribution in [3.05, 3.63) is 10.4 Å². The van der Waals surface area contributed by atoms with Gasteiger partial charge in [0.05, 0.1) is 54.7 Å². The Balaban J connectivity index is 0.000000800. The zero-order valence-corrected chi connectivity index (χ0v) is 84.0. The number of esters is 6. The molecule has 0 spiro atoms. The van der Waals surface area contributed by atoms with Gasteiger partial charge < -0.3 is 100 Å². The Morgan fingerprint density at radius 3 is 0.811 bits per heavy atom. The minimum atomic E-state index is -0.765. The van der Waals surface area contributed by atoms with Gasteiger partial charge in [-0.1, -0.05) is 151 Å². The first-order chi connectivity index (χ1) is 61.3. The van der Waals surface area contributed by atoms with E-state index in [-0.39, 0.29) is 249 Å². The summed E-state index contributed by atoms with van der Waals surface area (Å²) in [5.74, 6) is -2.44. The fourth-order valence-corrected chi connectivity index (χ4v) is 15.3. The second kappa shape index (κ2) is 59.9. The minimum Gasteiger partial charge on any atom is -0.463 e. The molecule has 6 aliphatic heterocycles. The number of ether oxygens (including phenoxy) is 12. The van der Waals surface area contributed by atoms with Gasteiger partial charge in [-0.25, -0.2) is 0 Å². The van der Waals surface area contributed by atoms with Crippen LogP contribution in [0.2, 0.25) is 0 Å². The molecule has 0 aromatic heterocycles. The second-order valence-electron chi connectivity index (χ2n) is 37.1. The highest BCUT2D eigenvalue weighted by molar-refractivity contribution is 5.88. The maximum atomic E-state index is 12.3. The number of Topliss-reactive ketones (excluding diaryl/α,β-unsaturated/α-hetero) is 4. The first-order valence-electron chi connectivity index (χ1n) is 46.4. The van der Waals surface area contributed by atoms with E-state index < -0.39 is 79.2 Å². The summed E-state index contributed by atoms with van der Waals surface area (Å²) in [6.45, 7) is 55.8. The van der Waals surface area contributed by atoms with Crippen LogP contribution in [0.25, 0.3) is 10.4 Å². The number of amides is 6. The molecule has 39 nitrogen and oxygen atoms in total. The predicted octanol–water partition coefficient (Wildman–Crippen LogP) is 8.50. The van der Waals surface area contributed by atoms with E-state index in [1.54, 1.807) is 41.5 Å². The van der Waals surface area contributed by atoms with Gasteiger partial charge >= 0.3 is 35.8 Å². The van der Waals surface area contributed by atoms with Crippen LogP contribution in [0, 0.1) is 112 Å². The van der Waals surface area contributed by atoms with E-state index >= 15 is 0 Å². The molecule has 0 radical (unpaired) electrons. The van der Waals surface area contributed by atoms with Crippen LogP contribution in [0.1, 0.15) is 253 Å². The zero-order chi connectivity index (χ0) is 101. The first-order valence-corrected chi connectivity index (χ1v) is 46.4. The molecular weight excluding hydrogens is 1720 g/mol. The summed E-state index contributed by atoms with van der Waals surface area (Å²) in [4.78, 5) is 187. The standard InChI is InChI=1S/2C19H32N2O6.C17H29NO5.C16H28N2O5.C11H19N3O3.C11H21NO3/c2*1-7-16(24)20-18-12(4)11(3)15(9-26-14(6)23)27-19(18)21-17(25)8-10(2)13(5)22;1-9(13(5)19)7-16(21)18-17-12(4)10(2)11(3)15(23-17)8-22-14(6)20;1-8(11(4)19)6-14(21)18-16-15(17)10(3)9(2)13(23-16)7-22-12(5)20;1-6-7(2)10(5-16-9(4)15)17-11(8(6)3)13-14-12;1-6-7(2)10(5-14-9(4)13)15-11(12)8(6)3/h2*10-12,15,18-19H,7-9H2,1-6H3,(H,20,24)(H,21,25);9-12,15,17H,7-8H2,1-6H3,(H,18,21);8-10,13,15-16H,6-7,17H2,1-5H3,(H,18,21);6-8,10-11H,5H2,1-4H3;6-8,10-11H,5,12H2,1-4H3/t2*10-,11-,12-,15?,18?,19+;9-,10-,11-,12?,15?,17+;8-,9-,10-,13?,15?,16+;2*6-,7-,8?,10?,11+/m000000/s1. The van der Waals surface area contributed by atoms with Crippen molar-refractivity contribution in [3.63, 3.8) is 0 Å². The molecule has 12 unspecified atom stereocenters. The number of nitrogens with one attached hydrogen (secondary N) is 6. The fourth-order valence-electron chi connectivity index (χ4n) is 15.3. The molecule has 0 saturated carbocycles. The maximum absolute atomic E-state index is 12.3. The summed E-state index contributed by atoms with van der Waals surface area (Å²) >= 11 is 0. The molecule has 10 N–H and O–H groups in total. The number of nitrogens with zero attached hydrogens (tertiary/aromatic N) is 3. The van der Waals surface area contributed by atoms with Crippen molar-refractivity contribution in [1.82, 2.24) is 31.9 Å². The number of azide groups is 1. The molecule has 0 aliphatic carbocycles. The van der Waals surface area contributed by atoms with Crippen LogP contribution in [-0.2, 0) is 134 Å². The van der Waals surface area contributed by atoms with Gasteiger partial charge in [0, 0.05) is 115 Å². The lowest BCUT2D eigenvalue weighted by Crippen LogP contribution is -2.63. The third-order valence-electron chi connectivity index (χ3n) is 27.2. The highest BCUT2D eigenvalue weighted by Crippen LogP contribution is 2.39. The van der Waals surface area contributed by atoms with Crippen LogP contribution in [0.3, 0.4) is 0 Å². The van der Waals surface area contributed by atoms with Gasteiger partial charge in [0.1, 0.15) is 87.7 Å². The third kappa shape index (κ3) is 42.1. The zero-order valence-electron chi connectivity index (χ0n) is 84.0. The monoisotopic (exact) mass is 1880 g/mol. The summed E-state index contributed by atoms with van der Waals surface area (Å²) in [5.41, 5.74) is 20.5. The average Bonchev–Trinajstić information content (AvgIpc) is 0.965. The average molecular weight is 1880 g/mol. The van der Waals surface area contributed by atoms with Crippen LogP contribution in [0.5, 0.6) is 0 Å². The molecule has 6 rings (SSSR count). The summed E-state index contributed by atoms with van der Waals surface area (Å²) in [6.07, 6.45) is -4.06. The molecule has 6 saturated heterocycles. The normalized spacial score (nSPS) is 32.4. The predicted molar refractivity (Wildman–Crippen MR) is 485 cm³/mol. The van der Waals surface area contributed by atoms with Gasteiger partial charge in [0.2, 0.25) is 35.4 Å². The molecule has 0 aromatic rings. The van der Waals surface area contributed by atoms with Gasteiger partial charge in [0.15, 0.2) is 12.5 Å². The van der Waals surface area contributed by atoms with Crippen molar-refractivity contribution < 1.29 is 134 Å². The first kappa shape index (κ1) is 121. The van der Waals surface area contributed by atoms with E-state index in [1.165, 1.54) is 69.2 Å². The molecule has 132 heavy (non-hydrogen) atoms. The quantitative estimate of drug-likeness (QED) is 0.0100. The lowest BCUT2D eigenvalue weighted by molar-refractivity contribution is -0.178. The molecule has 6 amide bonds. The van der Waals surface area contributed by atoms with Crippen molar-refractivity contribution in [3.8, 4) is 0 Å². The Labute approximate surface area is 780 Å². The van der Waals surface area contributed by atoms with Crippen molar-refractivity contribution >= 4 is 94.4 Å². The summed E-state index contributed by atoms with van der Waals surface area (Å²) < 4.78 is 65.2.